The van der Waals surface area contributed by atoms with Crippen LogP contribution in [0.4, 0.5) is 0 Å². The summed E-state index contributed by atoms with van der Waals surface area (Å²) in [5, 5.41) is 9.59. The normalized spacial score (nSPS) is 16.4. The molecule has 3 nitrogen and oxygen atoms in total. The van der Waals surface area contributed by atoms with Gasteiger partial charge in [-0.25, -0.2) is 0 Å². The van der Waals surface area contributed by atoms with Gasteiger partial charge >= 0.3 is 0 Å². The van der Waals surface area contributed by atoms with E-state index in [1.54, 1.807) is 11.8 Å². The van der Waals surface area contributed by atoms with Crippen LogP contribution in [-0.4, -0.2) is 16.0 Å². The summed E-state index contributed by atoms with van der Waals surface area (Å²) in [6.45, 7) is 0. The molecule has 0 N–H and O–H groups in total. The fourth-order valence-corrected chi connectivity index (χ4v) is 3.59. The van der Waals surface area contributed by atoms with Crippen molar-refractivity contribution in [3.05, 3.63) is 29.3 Å². The number of halogens is 1. The van der Waals surface area contributed by atoms with Gasteiger partial charge in [0, 0.05) is 16.3 Å². The Labute approximate surface area is 128 Å². The van der Waals surface area contributed by atoms with Gasteiger partial charge in [-0.05, 0) is 43.0 Å². The fraction of sp³-hybridized carbons (Fsp3) is 0.467. The molecule has 0 atom stereocenters. The van der Waals surface area contributed by atoms with E-state index >= 15 is 0 Å². The predicted octanol–water partition coefficient (Wildman–Crippen LogP) is 5.06. The Morgan fingerprint density at radius 2 is 1.85 bits per heavy atom. The highest BCUT2D eigenvalue weighted by molar-refractivity contribution is 7.99. The third kappa shape index (κ3) is 3.55. The van der Waals surface area contributed by atoms with E-state index in [9.17, 15) is 0 Å². The number of hydrogen-bond acceptors (Lipinski definition) is 4. The Bertz CT molecular complexity index is 549. The van der Waals surface area contributed by atoms with Gasteiger partial charge in [-0.3, -0.25) is 0 Å². The third-order valence-corrected chi connectivity index (χ3v) is 4.97. The molecule has 0 bridgehead atoms. The first-order valence-corrected chi connectivity index (χ1v) is 8.40. The second kappa shape index (κ2) is 6.64. The summed E-state index contributed by atoms with van der Waals surface area (Å²) in [7, 11) is 0. The predicted molar refractivity (Wildman–Crippen MR) is 82.0 cm³/mol. The molecule has 1 aliphatic carbocycles. The van der Waals surface area contributed by atoms with Crippen LogP contribution < -0.4 is 0 Å². The lowest BCUT2D eigenvalue weighted by Gasteiger charge is -2.19. The summed E-state index contributed by atoms with van der Waals surface area (Å²) in [4.78, 5) is 0. The molecule has 1 fully saturated rings. The van der Waals surface area contributed by atoms with Crippen LogP contribution in [0.5, 0.6) is 0 Å². The minimum atomic E-state index is 0.563. The number of rotatable bonds is 4. The number of benzene rings is 1. The molecule has 0 amide bonds. The lowest BCUT2D eigenvalue weighted by molar-refractivity contribution is 0.389. The van der Waals surface area contributed by atoms with Gasteiger partial charge in [0.05, 0.1) is 0 Å². The molecule has 0 radical (unpaired) electrons. The van der Waals surface area contributed by atoms with Gasteiger partial charge in [-0.2, -0.15) is 0 Å². The molecular formula is C15H17ClN2OS. The van der Waals surface area contributed by atoms with E-state index < -0.39 is 0 Å². The molecule has 5 heteroatoms. The fourth-order valence-electron chi connectivity index (χ4n) is 2.52. The van der Waals surface area contributed by atoms with Crippen molar-refractivity contribution < 1.29 is 4.42 Å². The van der Waals surface area contributed by atoms with Crippen LogP contribution in [0.15, 0.2) is 33.9 Å². The maximum atomic E-state index is 5.87. The minimum Gasteiger partial charge on any atom is -0.411 e. The SMILES string of the molecule is Clc1ccc(-c2nnc(SCC3CCCCC3)o2)cc1. The molecule has 1 heterocycles. The standard InChI is InChI=1S/C15H17ClN2OS/c16-13-8-6-12(7-9-13)14-17-18-15(19-14)20-10-11-4-2-1-3-5-11/h6-9,11H,1-5,10H2. The van der Waals surface area contributed by atoms with Crippen LogP contribution in [0.1, 0.15) is 32.1 Å². The molecule has 0 aliphatic heterocycles. The van der Waals surface area contributed by atoms with Gasteiger partial charge in [0.1, 0.15) is 0 Å². The van der Waals surface area contributed by atoms with Gasteiger partial charge in [0.2, 0.25) is 5.89 Å². The molecule has 106 valence electrons. The topological polar surface area (TPSA) is 38.9 Å². The lowest BCUT2D eigenvalue weighted by atomic mass is 9.91. The number of nitrogens with zero attached hydrogens (tertiary/aromatic N) is 2. The van der Waals surface area contributed by atoms with Crippen LogP contribution in [-0.2, 0) is 0 Å². The highest BCUT2D eigenvalue weighted by atomic mass is 35.5. The zero-order chi connectivity index (χ0) is 13.8. The molecule has 20 heavy (non-hydrogen) atoms. The Balaban J connectivity index is 1.60. The number of aromatic nitrogens is 2. The molecule has 3 rings (SSSR count). The quantitative estimate of drug-likeness (QED) is 0.740. The second-order valence-electron chi connectivity index (χ2n) is 5.20. The van der Waals surface area contributed by atoms with Crippen molar-refractivity contribution in [1.82, 2.24) is 10.2 Å². The van der Waals surface area contributed by atoms with Gasteiger partial charge in [0.25, 0.3) is 5.22 Å². The van der Waals surface area contributed by atoms with Crippen molar-refractivity contribution in [1.29, 1.82) is 0 Å². The minimum absolute atomic E-state index is 0.563. The first-order chi connectivity index (χ1) is 9.81. The van der Waals surface area contributed by atoms with E-state index in [0.29, 0.717) is 16.1 Å². The van der Waals surface area contributed by atoms with Crippen molar-refractivity contribution in [2.24, 2.45) is 5.92 Å². The third-order valence-electron chi connectivity index (χ3n) is 3.66. The van der Waals surface area contributed by atoms with E-state index in [2.05, 4.69) is 10.2 Å². The maximum absolute atomic E-state index is 5.87. The van der Waals surface area contributed by atoms with E-state index in [4.69, 9.17) is 16.0 Å². The average Bonchev–Trinajstić information content (AvgIpc) is 2.96. The Morgan fingerprint density at radius 1 is 1.10 bits per heavy atom. The van der Waals surface area contributed by atoms with Crippen molar-refractivity contribution in [2.75, 3.05) is 5.75 Å². The Kier molecular flexibility index (Phi) is 4.63. The molecular weight excluding hydrogens is 292 g/mol. The zero-order valence-corrected chi connectivity index (χ0v) is 12.8. The smallest absolute Gasteiger partial charge is 0.276 e. The molecule has 1 saturated carbocycles. The van der Waals surface area contributed by atoms with Crippen LogP contribution in [0, 0.1) is 5.92 Å². The van der Waals surface area contributed by atoms with Crippen LogP contribution >= 0.6 is 23.4 Å². The molecule has 1 aromatic carbocycles. The van der Waals surface area contributed by atoms with Crippen molar-refractivity contribution in [2.45, 2.75) is 37.3 Å². The highest BCUT2D eigenvalue weighted by Crippen LogP contribution is 2.30. The first-order valence-electron chi connectivity index (χ1n) is 7.03. The summed E-state index contributed by atoms with van der Waals surface area (Å²) >= 11 is 7.55. The summed E-state index contributed by atoms with van der Waals surface area (Å²) in [5.41, 5.74) is 0.909. The molecule has 1 aromatic heterocycles. The highest BCUT2D eigenvalue weighted by Gasteiger charge is 2.16. The van der Waals surface area contributed by atoms with Gasteiger partial charge in [-0.15, -0.1) is 10.2 Å². The van der Waals surface area contributed by atoms with E-state index in [1.807, 2.05) is 24.3 Å². The summed E-state index contributed by atoms with van der Waals surface area (Å²) in [6, 6.07) is 7.45. The monoisotopic (exact) mass is 308 g/mol. The maximum Gasteiger partial charge on any atom is 0.276 e. The van der Waals surface area contributed by atoms with Crippen molar-refractivity contribution in [3.8, 4) is 11.5 Å². The van der Waals surface area contributed by atoms with Crippen LogP contribution in [0.25, 0.3) is 11.5 Å². The van der Waals surface area contributed by atoms with Crippen LogP contribution in [0.3, 0.4) is 0 Å². The number of hydrogen-bond donors (Lipinski definition) is 0. The van der Waals surface area contributed by atoms with Crippen molar-refractivity contribution >= 4 is 23.4 Å². The zero-order valence-electron chi connectivity index (χ0n) is 11.2. The molecule has 0 saturated heterocycles. The molecule has 0 unspecified atom stereocenters. The summed E-state index contributed by atoms with van der Waals surface area (Å²) in [6.07, 6.45) is 6.80. The largest absolute Gasteiger partial charge is 0.411 e. The first kappa shape index (κ1) is 14.0. The van der Waals surface area contributed by atoms with Gasteiger partial charge < -0.3 is 4.42 Å². The molecule has 2 aromatic rings. The van der Waals surface area contributed by atoms with Crippen molar-refractivity contribution in [3.63, 3.8) is 0 Å². The average molecular weight is 309 g/mol. The summed E-state index contributed by atoms with van der Waals surface area (Å²) < 4.78 is 5.70. The van der Waals surface area contributed by atoms with Gasteiger partial charge in [-0.1, -0.05) is 42.6 Å². The molecule has 1 aliphatic rings. The number of thioether (sulfide) groups is 1. The lowest BCUT2D eigenvalue weighted by Crippen LogP contribution is -2.08. The summed E-state index contributed by atoms with van der Waals surface area (Å²) in [5.74, 6) is 2.45. The Hall–Kier alpha value is -1.00. The van der Waals surface area contributed by atoms with E-state index in [1.165, 1.54) is 32.1 Å². The van der Waals surface area contributed by atoms with Crippen LogP contribution in [0.2, 0.25) is 5.02 Å². The molecule has 0 spiro atoms. The van der Waals surface area contributed by atoms with E-state index in [0.717, 1.165) is 17.2 Å². The second-order valence-corrected chi connectivity index (χ2v) is 6.60. The van der Waals surface area contributed by atoms with E-state index in [-0.39, 0.29) is 0 Å². The van der Waals surface area contributed by atoms with Gasteiger partial charge in [0.15, 0.2) is 0 Å². The Morgan fingerprint density at radius 3 is 2.60 bits per heavy atom.